The second kappa shape index (κ2) is 2.34. The summed E-state index contributed by atoms with van der Waals surface area (Å²) in [7, 11) is 0. The molecule has 0 aliphatic heterocycles. The normalized spacial score (nSPS) is 51.2. The Balaban J connectivity index is 1.94. The van der Waals surface area contributed by atoms with E-state index in [-0.39, 0.29) is 0 Å². The number of carbonyl (C=O) groups excluding carboxylic acids is 1. The van der Waals surface area contributed by atoms with Crippen molar-refractivity contribution in [3.63, 3.8) is 0 Å². The van der Waals surface area contributed by atoms with Gasteiger partial charge in [0.05, 0.1) is 0 Å². The summed E-state index contributed by atoms with van der Waals surface area (Å²) in [4.78, 5) is 11.6. The molecule has 0 N–H and O–H groups in total. The summed E-state index contributed by atoms with van der Waals surface area (Å²) in [6.45, 7) is 0. The van der Waals surface area contributed by atoms with Crippen LogP contribution < -0.4 is 0 Å². The highest BCUT2D eigenvalue weighted by Crippen LogP contribution is 2.54. The Hall–Kier alpha value is -0.330. The van der Waals surface area contributed by atoms with Crippen LogP contribution in [0.2, 0.25) is 0 Å². The van der Waals surface area contributed by atoms with Crippen LogP contribution in [0.15, 0.2) is 0 Å². The molecule has 0 radical (unpaired) electrons. The first-order valence-corrected chi connectivity index (χ1v) is 5.39. The van der Waals surface area contributed by atoms with Gasteiger partial charge in [-0.3, -0.25) is 4.79 Å². The highest BCUT2D eigenvalue weighted by Gasteiger charge is 2.49. The number of Topliss-reactive ketones (excluding diaryl/α,β-unsaturated/α-hetero) is 1. The first-order valence-electron chi connectivity index (χ1n) is 5.39. The zero-order valence-electron chi connectivity index (χ0n) is 7.46. The third-order valence-electron chi connectivity index (χ3n) is 4.49. The predicted molar refractivity (Wildman–Crippen MR) is 46.7 cm³/mol. The van der Waals surface area contributed by atoms with Gasteiger partial charge in [0.15, 0.2) is 0 Å². The fraction of sp³-hybridized carbons (Fsp3) is 0.909. The quantitative estimate of drug-likeness (QED) is 0.537. The van der Waals surface area contributed by atoms with Crippen molar-refractivity contribution < 1.29 is 4.79 Å². The van der Waals surface area contributed by atoms with Gasteiger partial charge in [0.25, 0.3) is 0 Å². The number of ketones is 1. The van der Waals surface area contributed by atoms with E-state index in [4.69, 9.17) is 0 Å². The molecule has 0 amide bonds. The number of fused-ring (bicyclic) bond motifs is 2. The number of carbonyl (C=O) groups is 1. The smallest absolute Gasteiger partial charge is 0.136 e. The van der Waals surface area contributed by atoms with E-state index in [1.165, 1.54) is 32.1 Å². The van der Waals surface area contributed by atoms with E-state index in [1.807, 2.05) is 0 Å². The van der Waals surface area contributed by atoms with E-state index < -0.39 is 0 Å². The van der Waals surface area contributed by atoms with Crippen molar-refractivity contribution in [2.24, 2.45) is 23.7 Å². The maximum atomic E-state index is 11.6. The Bertz CT molecular complexity index is 213. The van der Waals surface area contributed by atoms with E-state index in [2.05, 4.69) is 0 Å². The van der Waals surface area contributed by atoms with Gasteiger partial charge in [0.1, 0.15) is 5.78 Å². The van der Waals surface area contributed by atoms with Crippen LogP contribution in [0.3, 0.4) is 0 Å². The van der Waals surface area contributed by atoms with E-state index in [0.29, 0.717) is 11.7 Å². The Morgan fingerprint density at radius 3 is 2.25 bits per heavy atom. The molecule has 4 aliphatic rings. The lowest BCUT2D eigenvalue weighted by Gasteiger charge is -2.44. The van der Waals surface area contributed by atoms with Gasteiger partial charge >= 0.3 is 0 Å². The number of rotatable bonds is 0. The van der Waals surface area contributed by atoms with E-state index in [9.17, 15) is 4.79 Å². The molecule has 2 bridgehead atoms. The first kappa shape index (κ1) is 7.11. The third kappa shape index (κ3) is 0.773. The first-order chi connectivity index (χ1) is 5.86. The van der Waals surface area contributed by atoms with Crippen LogP contribution in [0.1, 0.15) is 38.5 Å². The second-order valence-electron chi connectivity index (χ2n) is 4.87. The molecule has 2 atom stereocenters. The van der Waals surface area contributed by atoms with Gasteiger partial charge in [-0.05, 0) is 49.9 Å². The molecular formula is C11H16O. The van der Waals surface area contributed by atoms with Crippen molar-refractivity contribution in [3.05, 3.63) is 0 Å². The highest BCUT2D eigenvalue weighted by atomic mass is 16.1. The fourth-order valence-corrected chi connectivity index (χ4v) is 3.97. The topological polar surface area (TPSA) is 17.1 Å². The third-order valence-corrected chi connectivity index (χ3v) is 4.49. The summed E-state index contributed by atoms with van der Waals surface area (Å²) in [6, 6.07) is 0. The maximum absolute atomic E-state index is 11.6. The molecule has 0 saturated heterocycles. The van der Waals surface area contributed by atoms with Gasteiger partial charge in [0, 0.05) is 12.3 Å². The fourth-order valence-electron chi connectivity index (χ4n) is 3.97. The van der Waals surface area contributed by atoms with Gasteiger partial charge in [-0.25, -0.2) is 0 Å². The predicted octanol–water partition coefficient (Wildman–Crippen LogP) is 2.40. The van der Waals surface area contributed by atoms with Gasteiger partial charge in [-0.2, -0.15) is 0 Å². The van der Waals surface area contributed by atoms with Crippen LogP contribution in [-0.2, 0) is 4.79 Å². The molecule has 66 valence electrons. The van der Waals surface area contributed by atoms with Crippen molar-refractivity contribution in [2.45, 2.75) is 38.5 Å². The SMILES string of the molecule is O=C1CCC2C3CCC(CC3)C12. The molecular weight excluding hydrogens is 148 g/mol. The van der Waals surface area contributed by atoms with Crippen LogP contribution in [-0.4, -0.2) is 5.78 Å². The molecule has 1 heteroatoms. The summed E-state index contributed by atoms with van der Waals surface area (Å²) < 4.78 is 0. The van der Waals surface area contributed by atoms with Crippen molar-refractivity contribution in [1.82, 2.24) is 0 Å². The van der Waals surface area contributed by atoms with Gasteiger partial charge < -0.3 is 0 Å². The summed E-state index contributed by atoms with van der Waals surface area (Å²) in [5.74, 6) is 3.69. The van der Waals surface area contributed by atoms with Crippen LogP contribution in [0, 0.1) is 23.7 Å². The van der Waals surface area contributed by atoms with Crippen molar-refractivity contribution in [3.8, 4) is 0 Å². The number of hydrogen-bond donors (Lipinski definition) is 0. The minimum Gasteiger partial charge on any atom is -0.299 e. The van der Waals surface area contributed by atoms with Crippen LogP contribution in [0.25, 0.3) is 0 Å². The molecule has 0 aromatic carbocycles. The van der Waals surface area contributed by atoms with Gasteiger partial charge in [-0.1, -0.05) is 0 Å². The zero-order chi connectivity index (χ0) is 8.13. The summed E-state index contributed by atoms with van der Waals surface area (Å²) in [5.41, 5.74) is 0. The molecule has 0 aromatic rings. The molecule has 1 nitrogen and oxygen atoms in total. The summed E-state index contributed by atoms with van der Waals surface area (Å²) in [6.07, 6.45) is 7.71. The molecule has 2 unspecified atom stereocenters. The Morgan fingerprint density at radius 1 is 0.917 bits per heavy atom. The van der Waals surface area contributed by atoms with Crippen molar-refractivity contribution in [1.29, 1.82) is 0 Å². The largest absolute Gasteiger partial charge is 0.299 e. The van der Waals surface area contributed by atoms with E-state index in [0.717, 1.165) is 24.2 Å². The average molecular weight is 164 g/mol. The maximum Gasteiger partial charge on any atom is 0.136 e. The van der Waals surface area contributed by atoms with Gasteiger partial charge in [0.2, 0.25) is 0 Å². The molecule has 0 spiro atoms. The molecule has 4 saturated carbocycles. The Kier molecular flexibility index (Phi) is 1.38. The average Bonchev–Trinajstić information content (AvgIpc) is 2.53. The van der Waals surface area contributed by atoms with Crippen molar-refractivity contribution >= 4 is 5.78 Å². The summed E-state index contributed by atoms with van der Waals surface area (Å²) >= 11 is 0. The minimum absolute atomic E-state index is 0.525. The van der Waals surface area contributed by atoms with E-state index >= 15 is 0 Å². The Labute approximate surface area is 73.5 Å². The Morgan fingerprint density at radius 2 is 1.58 bits per heavy atom. The molecule has 4 aliphatic carbocycles. The lowest BCUT2D eigenvalue weighted by atomic mass is 9.60. The van der Waals surface area contributed by atoms with Gasteiger partial charge in [-0.15, -0.1) is 0 Å². The molecule has 0 aromatic heterocycles. The minimum atomic E-state index is 0.525. The van der Waals surface area contributed by atoms with Crippen LogP contribution >= 0.6 is 0 Å². The van der Waals surface area contributed by atoms with Crippen LogP contribution in [0.5, 0.6) is 0 Å². The standard InChI is InChI=1S/C11H16O/c12-10-6-5-9-7-1-3-8(4-2-7)11(9)10/h7-9,11H,1-6H2. The number of hydrogen-bond acceptors (Lipinski definition) is 1. The van der Waals surface area contributed by atoms with E-state index in [1.54, 1.807) is 0 Å². The zero-order valence-corrected chi connectivity index (χ0v) is 7.46. The second-order valence-corrected chi connectivity index (χ2v) is 4.87. The van der Waals surface area contributed by atoms with Crippen LogP contribution in [0.4, 0.5) is 0 Å². The highest BCUT2D eigenvalue weighted by molar-refractivity contribution is 5.84. The lowest BCUT2D eigenvalue weighted by Crippen LogP contribution is -2.39. The monoisotopic (exact) mass is 164 g/mol. The summed E-state index contributed by atoms with van der Waals surface area (Å²) in [5, 5.41) is 0. The molecule has 12 heavy (non-hydrogen) atoms. The molecule has 4 fully saturated rings. The van der Waals surface area contributed by atoms with Crippen molar-refractivity contribution in [2.75, 3.05) is 0 Å². The molecule has 4 rings (SSSR count). The molecule has 0 heterocycles. The lowest BCUT2D eigenvalue weighted by molar-refractivity contribution is -0.126.